The lowest BCUT2D eigenvalue weighted by atomic mass is 10.2. The Hall–Kier alpha value is -2.01. The van der Waals surface area contributed by atoms with E-state index in [4.69, 9.17) is 21.1 Å². The lowest BCUT2D eigenvalue weighted by Gasteiger charge is -2.21. The number of anilines is 1. The summed E-state index contributed by atoms with van der Waals surface area (Å²) in [5.74, 6) is 2.32. The first-order valence-electron chi connectivity index (χ1n) is 6.29. The molecule has 0 bridgehead atoms. The van der Waals surface area contributed by atoms with Crippen molar-refractivity contribution in [2.75, 3.05) is 25.2 Å². The number of hydrogen-bond acceptors (Lipinski definition) is 5. The van der Waals surface area contributed by atoms with E-state index < -0.39 is 0 Å². The van der Waals surface area contributed by atoms with Crippen LogP contribution in [0.2, 0.25) is 5.15 Å². The molecule has 3 rings (SSSR count). The zero-order chi connectivity index (χ0) is 13.9. The molecule has 1 aromatic carbocycles. The Kier molecular flexibility index (Phi) is 3.60. The summed E-state index contributed by atoms with van der Waals surface area (Å²) in [6, 6.07) is 5.94. The van der Waals surface area contributed by atoms with Gasteiger partial charge in [0, 0.05) is 13.6 Å². The standard InChI is InChI=1S/C14H14ClN3O2/c1-18(14-8-16-7-13(15)17-14)9-10-2-3-11-12(6-10)20-5-4-19-11/h2-3,6-8H,4-5,9H2,1H3. The van der Waals surface area contributed by atoms with Crippen molar-refractivity contribution in [2.24, 2.45) is 0 Å². The Bertz CT molecular complexity index is 621. The number of aromatic nitrogens is 2. The highest BCUT2D eigenvalue weighted by Crippen LogP contribution is 2.31. The molecule has 104 valence electrons. The summed E-state index contributed by atoms with van der Waals surface area (Å²) in [5, 5.41) is 0.386. The molecule has 20 heavy (non-hydrogen) atoms. The molecule has 0 saturated carbocycles. The summed E-state index contributed by atoms with van der Waals surface area (Å²) >= 11 is 5.85. The Labute approximate surface area is 122 Å². The van der Waals surface area contributed by atoms with Crippen LogP contribution in [0.25, 0.3) is 0 Å². The van der Waals surface area contributed by atoms with Crippen LogP contribution < -0.4 is 14.4 Å². The SMILES string of the molecule is CN(Cc1ccc2c(c1)OCCO2)c1cncc(Cl)n1. The van der Waals surface area contributed by atoms with Crippen molar-refractivity contribution >= 4 is 17.4 Å². The summed E-state index contributed by atoms with van der Waals surface area (Å²) in [4.78, 5) is 10.2. The molecule has 1 aliphatic rings. The Morgan fingerprint density at radius 2 is 2.00 bits per heavy atom. The third kappa shape index (κ3) is 2.77. The van der Waals surface area contributed by atoms with Crippen LogP contribution in [0.5, 0.6) is 11.5 Å². The van der Waals surface area contributed by atoms with Gasteiger partial charge in [0.25, 0.3) is 0 Å². The highest BCUT2D eigenvalue weighted by Gasteiger charge is 2.13. The fourth-order valence-electron chi connectivity index (χ4n) is 2.06. The van der Waals surface area contributed by atoms with Gasteiger partial charge in [-0.25, -0.2) is 4.98 Å². The lowest BCUT2D eigenvalue weighted by molar-refractivity contribution is 0.171. The minimum Gasteiger partial charge on any atom is -0.486 e. The summed E-state index contributed by atoms with van der Waals surface area (Å²) < 4.78 is 11.1. The van der Waals surface area contributed by atoms with Gasteiger partial charge >= 0.3 is 0 Å². The van der Waals surface area contributed by atoms with E-state index in [1.165, 1.54) is 6.20 Å². The summed E-state index contributed by atoms with van der Waals surface area (Å²) in [6.45, 7) is 1.88. The van der Waals surface area contributed by atoms with Gasteiger partial charge in [-0.1, -0.05) is 17.7 Å². The van der Waals surface area contributed by atoms with E-state index in [2.05, 4.69) is 9.97 Å². The maximum Gasteiger partial charge on any atom is 0.161 e. The molecule has 0 spiro atoms. The van der Waals surface area contributed by atoms with Crippen LogP contribution in [0.1, 0.15) is 5.56 Å². The van der Waals surface area contributed by atoms with Crippen LogP contribution in [-0.2, 0) is 6.54 Å². The lowest BCUT2D eigenvalue weighted by Crippen LogP contribution is -2.19. The molecule has 0 saturated heterocycles. The molecule has 0 fully saturated rings. The van der Waals surface area contributed by atoms with Crippen LogP contribution in [0.4, 0.5) is 5.82 Å². The third-order valence-corrected chi connectivity index (χ3v) is 3.19. The first kappa shape index (κ1) is 13.0. The van der Waals surface area contributed by atoms with Gasteiger partial charge in [0.1, 0.15) is 24.2 Å². The average molecular weight is 292 g/mol. The largest absolute Gasteiger partial charge is 0.486 e. The van der Waals surface area contributed by atoms with Crippen LogP contribution in [0, 0.1) is 0 Å². The molecular weight excluding hydrogens is 278 g/mol. The second-order valence-electron chi connectivity index (χ2n) is 4.53. The van der Waals surface area contributed by atoms with Gasteiger partial charge < -0.3 is 14.4 Å². The van der Waals surface area contributed by atoms with Gasteiger partial charge in [0.05, 0.1) is 12.4 Å². The monoisotopic (exact) mass is 291 g/mol. The van der Waals surface area contributed by atoms with E-state index >= 15 is 0 Å². The predicted molar refractivity (Wildman–Crippen MR) is 76.6 cm³/mol. The number of fused-ring (bicyclic) bond motifs is 1. The number of benzene rings is 1. The van der Waals surface area contributed by atoms with Crippen LogP contribution in [0.3, 0.4) is 0 Å². The van der Waals surface area contributed by atoms with Crippen molar-refractivity contribution in [3.8, 4) is 11.5 Å². The molecule has 0 aliphatic carbocycles. The molecule has 6 heteroatoms. The Morgan fingerprint density at radius 1 is 1.20 bits per heavy atom. The minimum absolute atomic E-state index is 0.386. The van der Waals surface area contributed by atoms with E-state index in [9.17, 15) is 0 Å². The second kappa shape index (κ2) is 5.54. The van der Waals surface area contributed by atoms with Crippen molar-refractivity contribution in [2.45, 2.75) is 6.54 Å². The summed E-state index contributed by atoms with van der Waals surface area (Å²) in [6.07, 6.45) is 3.20. The van der Waals surface area contributed by atoms with Crippen LogP contribution in [0.15, 0.2) is 30.6 Å². The molecule has 2 aromatic rings. The molecule has 0 unspecified atom stereocenters. The summed E-state index contributed by atoms with van der Waals surface area (Å²) in [5.41, 5.74) is 1.11. The highest BCUT2D eigenvalue weighted by molar-refractivity contribution is 6.29. The number of ether oxygens (including phenoxy) is 2. The molecule has 2 heterocycles. The van der Waals surface area contributed by atoms with E-state index in [1.54, 1.807) is 6.20 Å². The maximum atomic E-state index is 5.85. The fourth-order valence-corrected chi connectivity index (χ4v) is 2.20. The Balaban J connectivity index is 1.77. The molecular formula is C14H14ClN3O2. The minimum atomic E-state index is 0.386. The van der Waals surface area contributed by atoms with Gasteiger partial charge in [0.2, 0.25) is 0 Å². The predicted octanol–water partition coefficient (Wildman–Crippen LogP) is 2.54. The summed E-state index contributed by atoms with van der Waals surface area (Å²) in [7, 11) is 1.94. The molecule has 5 nitrogen and oxygen atoms in total. The number of rotatable bonds is 3. The van der Waals surface area contributed by atoms with Gasteiger partial charge in [-0.15, -0.1) is 0 Å². The zero-order valence-corrected chi connectivity index (χ0v) is 11.8. The molecule has 0 radical (unpaired) electrons. The quantitative estimate of drug-likeness (QED) is 0.870. The zero-order valence-electron chi connectivity index (χ0n) is 11.0. The van der Waals surface area contributed by atoms with E-state index in [0.29, 0.717) is 24.9 Å². The van der Waals surface area contributed by atoms with Gasteiger partial charge in [-0.05, 0) is 17.7 Å². The molecule has 0 atom stereocenters. The highest BCUT2D eigenvalue weighted by atomic mass is 35.5. The third-order valence-electron chi connectivity index (χ3n) is 3.01. The first-order valence-corrected chi connectivity index (χ1v) is 6.67. The Morgan fingerprint density at radius 3 is 2.80 bits per heavy atom. The molecule has 1 aromatic heterocycles. The fraction of sp³-hybridized carbons (Fsp3) is 0.286. The van der Waals surface area contributed by atoms with Crippen molar-refractivity contribution in [1.29, 1.82) is 0 Å². The molecule has 0 amide bonds. The van der Waals surface area contributed by atoms with Crippen LogP contribution >= 0.6 is 11.6 Å². The number of hydrogen-bond donors (Lipinski definition) is 0. The van der Waals surface area contributed by atoms with Crippen molar-refractivity contribution in [3.63, 3.8) is 0 Å². The second-order valence-corrected chi connectivity index (χ2v) is 4.92. The maximum absolute atomic E-state index is 5.85. The van der Waals surface area contributed by atoms with Crippen molar-refractivity contribution in [1.82, 2.24) is 9.97 Å². The van der Waals surface area contributed by atoms with Gasteiger partial charge in [-0.2, -0.15) is 0 Å². The molecule has 0 N–H and O–H groups in total. The normalized spacial score (nSPS) is 13.1. The van der Waals surface area contributed by atoms with Crippen molar-refractivity contribution < 1.29 is 9.47 Å². The van der Waals surface area contributed by atoms with Crippen molar-refractivity contribution in [3.05, 3.63) is 41.3 Å². The van der Waals surface area contributed by atoms with Gasteiger partial charge in [-0.3, -0.25) is 4.98 Å². The molecule has 1 aliphatic heterocycles. The first-order chi connectivity index (χ1) is 9.72. The van der Waals surface area contributed by atoms with Crippen LogP contribution in [-0.4, -0.2) is 30.2 Å². The van der Waals surface area contributed by atoms with E-state index in [1.807, 2.05) is 30.1 Å². The van der Waals surface area contributed by atoms with Gasteiger partial charge in [0.15, 0.2) is 11.5 Å². The topological polar surface area (TPSA) is 47.5 Å². The number of halogens is 1. The average Bonchev–Trinajstić information content (AvgIpc) is 2.47. The van der Waals surface area contributed by atoms with E-state index in [-0.39, 0.29) is 0 Å². The number of nitrogens with zero attached hydrogens (tertiary/aromatic N) is 3. The van der Waals surface area contributed by atoms with E-state index in [0.717, 1.165) is 22.9 Å². The smallest absolute Gasteiger partial charge is 0.161 e.